The van der Waals surface area contributed by atoms with Gasteiger partial charge in [-0.05, 0) is 24.6 Å². The second-order valence-corrected chi connectivity index (χ2v) is 7.18. The Labute approximate surface area is 189 Å². The van der Waals surface area contributed by atoms with Crippen molar-refractivity contribution in [3.63, 3.8) is 0 Å². The molecule has 5 aromatic rings. The van der Waals surface area contributed by atoms with Crippen molar-refractivity contribution in [2.24, 2.45) is 0 Å². The maximum Gasteiger partial charge on any atom is 0.416 e. The molecule has 0 fully saturated rings. The minimum Gasteiger partial charge on any atom is -0.471 e. The van der Waals surface area contributed by atoms with Crippen molar-refractivity contribution in [2.45, 2.75) is 19.7 Å². The van der Waals surface area contributed by atoms with Crippen LogP contribution >= 0.6 is 0 Å². The Hall–Kier alpha value is -4.48. The Morgan fingerprint density at radius 2 is 1.88 bits per heavy atom. The van der Waals surface area contributed by atoms with E-state index >= 15 is 0 Å². The summed E-state index contributed by atoms with van der Waals surface area (Å²) in [6.07, 6.45) is 4.78. The molecule has 0 amide bonds. The van der Waals surface area contributed by atoms with Crippen molar-refractivity contribution >= 4 is 5.78 Å². The maximum absolute atomic E-state index is 13.1. The van der Waals surface area contributed by atoms with Gasteiger partial charge < -0.3 is 13.9 Å². The summed E-state index contributed by atoms with van der Waals surface area (Å²) in [6, 6.07) is 5.28. The van der Waals surface area contributed by atoms with Gasteiger partial charge >= 0.3 is 12.3 Å². The number of halogens is 3. The zero-order valence-electron chi connectivity index (χ0n) is 17.5. The van der Waals surface area contributed by atoms with E-state index in [-0.39, 0.29) is 24.0 Å². The molecule has 5 rings (SSSR count). The van der Waals surface area contributed by atoms with Crippen LogP contribution in [0.2, 0.25) is 0 Å². The van der Waals surface area contributed by atoms with E-state index in [4.69, 9.17) is 13.9 Å². The second kappa shape index (κ2) is 8.46. The van der Waals surface area contributed by atoms with E-state index in [9.17, 15) is 13.2 Å². The van der Waals surface area contributed by atoms with Gasteiger partial charge in [0.25, 0.3) is 0 Å². The number of nitrogens with zero attached hydrogens (tertiary/aromatic N) is 6. The normalized spacial score (nSPS) is 11.6. The highest BCUT2D eigenvalue weighted by molar-refractivity contribution is 5.60. The molecular weight excluding hydrogens is 453 g/mol. The number of hydrogen-bond acceptors (Lipinski definition) is 8. The molecule has 4 heterocycles. The topological polar surface area (TPSA) is 100 Å². The molecule has 0 aliphatic carbocycles. The number of imidazole rings is 1. The molecule has 0 spiro atoms. The van der Waals surface area contributed by atoms with E-state index < -0.39 is 11.7 Å². The van der Waals surface area contributed by atoms with Crippen LogP contribution in [0.25, 0.3) is 17.0 Å². The number of aryl methyl sites for hydroxylation is 1. The summed E-state index contributed by atoms with van der Waals surface area (Å²) in [6.45, 7) is 1.37. The number of aromatic nitrogens is 6. The minimum atomic E-state index is -4.49. The fourth-order valence-electron chi connectivity index (χ4n) is 3.20. The first kappa shape index (κ1) is 21.4. The highest BCUT2D eigenvalue weighted by atomic mass is 19.4. The van der Waals surface area contributed by atoms with Crippen LogP contribution in [-0.2, 0) is 12.8 Å². The fourth-order valence-corrected chi connectivity index (χ4v) is 3.20. The summed E-state index contributed by atoms with van der Waals surface area (Å²) < 4.78 is 57.2. The van der Waals surface area contributed by atoms with Crippen LogP contribution < -0.4 is 9.47 Å². The summed E-state index contributed by atoms with van der Waals surface area (Å²) in [5, 5.41) is 0. The molecule has 172 valence electrons. The van der Waals surface area contributed by atoms with Crippen LogP contribution in [0.15, 0.2) is 66.1 Å². The van der Waals surface area contributed by atoms with Crippen LogP contribution in [0.1, 0.15) is 16.8 Å². The third kappa shape index (κ3) is 4.37. The average molecular weight is 468 g/mol. The molecule has 0 atom stereocenters. The predicted octanol–water partition coefficient (Wildman–Crippen LogP) is 4.87. The van der Waals surface area contributed by atoms with Crippen molar-refractivity contribution in [3.8, 4) is 29.0 Å². The van der Waals surface area contributed by atoms with E-state index in [1.807, 2.05) is 0 Å². The first-order valence-corrected chi connectivity index (χ1v) is 9.89. The van der Waals surface area contributed by atoms with Gasteiger partial charge in [0.05, 0.1) is 17.5 Å². The molecule has 1 aromatic carbocycles. The van der Waals surface area contributed by atoms with Crippen molar-refractivity contribution in [1.82, 2.24) is 29.3 Å². The Kier molecular flexibility index (Phi) is 5.32. The van der Waals surface area contributed by atoms with Gasteiger partial charge in [-0.25, -0.2) is 15.0 Å². The van der Waals surface area contributed by atoms with Crippen LogP contribution in [0.3, 0.4) is 0 Å². The Morgan fingerprint density at radius 1 is 1.06 bits per heavy atom. The van der Waals surface area contributed by atoms with Gasteiger partial charge in [0.15, 0.2) is 0 Å². The third-order valence-corrected chi connectivity index (χ3v) is 4.83. The summed E-state index contributed by atoms with van der Waals surface area (Å²) in [7, 11) is 0. The largest absolute Gasteiger partial charge is 0.471 e. The number of ether oxygens (including phenoxy) is 2. The number of fused-ring (bicyclic) bond motifs is 1. The monoisotopic (exact) mass is 468 g/mol. The maximum atomic E-state index is 13.1. The lowest BCUT2D eigenvalue weighted by Crippen LogP contribution is -2.07. The van der Waals surface area contributed by atoms with Gasteiger partial charge in [-0.3, -0.25) is 4.40 Å². The van der Waals surface area contributed by atoms with Gasteiger partial charge in [-0.1, -0.05) is 6.07 Å². The highest BCUT2D eigenvalue weighted by Gasteiger charge is 2.32. The van der Waals surface area contributed by atoms with Gasteiger partial charge in [0.2, 0.25) is 11.7 Å². The zero-order chi connectivity index (χ0) is 23.7. The molecule has 0 saturated heterocycles. The molecule has 4 aromatic heterocycles. The van der Waals surface area contributed by atoms with E-state index in [1.165, 1.54) is 31.6 Å². The fraction of sp³-hybridized carbons (Fsp3) is 0.136. The minimum absolute atomic E-state index is 0.00216. The quantitative estimate of drug-likeness (QED) is 0.348. The number of oxazole rings is 1. The third-order valence-electron chi connectivity index (χ3n) is 4.83. The Balaban J connectivity index is 1.26. The number of rotatable bonds is 6. The van der Waals surface area contributed by atoms with Crippen molar-refractivity contribution < 1.29 is 27.1 Å². The first-order chi connectivity index (χ1) is 16.4. The average Bonchev–Trinajstić information content (AvgIpc) is 3.45. The van der Waals surface area contributed by atoms with E-state index in [0.29, 0.717) is 17.4 Å². The van der Waals surface area contributed by atoms with Crippen molar-refractivity contribution in [1.29, 1.82) is 0 Å². The lowest BCUT2D eigenvalue weighted by molar-refractivity contribution is -0.138. The van der Waals surface area contributed by atoms with Crippen LogP contribution in [0.5, 0.6) is 17.7 Å². The van der Waals surface area contributed by atoms with E-state index in [1.54, 1.807) is 35.3 Å². The van der Waals surface area contributed by atoms with Crippen LogP contribution in [0.4, 0.5) is 13.2 Å². The molecular formula is C22H15F3N6O3. The zero-order valence-corrected chi connectivity index (χ0v) is 17.5. The molecule has 0 radical (unpaired) electrons. The SMILES string of the molecule is Cc1ccc(Oc2nc(COc3ccn4c(-c5cncnc5)cnc4n3)co2)cc1C(F)(F)F. The summed E-state index contributed by atoms with van der Waals surface area (Å²) in [5.41, 5.74) is 1.23. The van der Waals surface area contributed by atoms with Crippen molar-refractivity contribution in [2.75, 3.05) is 0 Å². The molecule has 9 nitrogen and oxygen atoms in total. The lowest BCUT2D eigenvalue weighted by atomic mass is 10.1. The van der Waals surface area contributed by atoms with Gasteiger partial charge in [0, 0.05) is 30.2 Å². The molecule has 0 saturated carbocycles. The molecule has 34 heavy (non-hydrogen) atoms. The summed E-state index contributed by atoms with van der Waals surface area (Å²) in [4.78, 5) is 20.7. The Morgan fingerprint density at radius 3 is 2.68 bits per heavy atom. The number of hydrogen-bond donors (Lipinski definition) is 0. The summed E-state index contributed by atoms with van der Waals surface area (Å²) in [5.74, 6) is 0.673. The summed E-state index contributed by atoms with van der Waals surface area (Å²) >= 11 is 0. The number of benzene rings is 1. The highest BCUT2D eigenvalue weighted by Crippen LogP contribution is 2.35. The molecule has 0 aliphatic rings. The van der Waals surface area contributed by atoms with E-state index in [2.05, 4.69) is 24.9 Å². The van der Waals surface area contributed by atoms with E-state index in [0.717, 1.165) is 17.3 Å². The van der Waals surface area contributed by atoms with Gasteiger partial charge in [-0.2, -0.15) is 23.1 Å². The van der Waals surface area contributed by atoms with Crippen LogP contribution in [0, 0.1) is 6.92 Å². The smallest absolute Gasteiger partial charge is 0.416 e. The predicted molar refractivity (Wildman–Crippen MR) is 111 cm³/mol. The standard InChI is InChI=1S/C22H15F3N6O3/c1-13-2-3-16(6-17(13)22(23,24)25)34-21-29-15(11-33-21)10-32-19-4-5-31-18(9-28-20(31)30-19)14-7-26-12-27-8-14/h2-9,11-12H,10H2,1H3. The van der Waals surface area contributed by atoms with Crippen molar-refractivity contribution in [3.05, 3.63) is 78.5 Å². The lowest BCUT2D eigenvalue weighted by Gasteiger charge is -2.11. The molecule has 12 heteroatoms. The first-order valence-electron chi connectivity index (χ1n) is 9.89. The molecule has 0 aliphatic heterocycles. The number of alkyl halides is 3. The molecule has 0 N–H and O–H groups in total. The van der Waals surface area contributed by atoms with Crippen LogP contribution in [-0.4, -0.2) is 29.3 Å². The van der Waals surface area contributed by atoms with Gasteiger partial charge in [0.1, 0.15) is 30.6 Å². The Bertz CT molecular complexity index is 1450. The second-order valence-electron chi connectivity index (χ2n) is 7.18. The molecule has 0 unspecified atom stereocenters. The van der Waals surface area contributed by atoms with Gasteiger partial charge in [-0.15, -0.1) is 0 Å². The molecule has 0 bridgehead atoms.